The van der Waals surface area contributed by atoms with Crippen LogP contribution in [0.4, 0.5) is 10.1 Å². The number of benzene rings is 4. The number of nitrogens with one attached hydrogen (secondary N) is 1. The number of rotatable bonds is 7. The Kier molecular flexibility index (Phi) is 6.40. The summed E-state index contributed by atoms with van der Waals surface area (Å²) in [5.41, 5.74) is 3.65. The number of carbonyl (C=O) groups excluding carboxylic acids is 1. The molecular weight excluding hydrogens is 513 g/mol. The quantitative estimate of drug-likeness (QED) is 0.281. The van der Waals surface area contributed by atoms with Gasteiger partial charge >= 0.3 is 0 Å². The Balaban J connectivity index is 1.16. The highest BCUT2D eigenvalue weighted by molar-refractivity contribution is 7.90. The molecule has 1 aromatic heterocycles. The lowest BCUT2D eigenvalue weighted by Gasteiger charge is -2.39. The van der Waals surface area contributed by atoms with Gasteiger partial charge in [0.05, 0.1) is 10.4 Å². The van der Waals surface area contributed by atoms with Crippen molar-refractivity contribution in [3.05, 3.63) is 121 Å². The van der Waals surface area contributed by atoms with Crippen molar-refractivity contribution >= 4 is 32.5 Å². The number of fused-ring (bicyclic) bond motifs is 1. The molecule has 8 heteroatoms. The second kappa shape index (κ2) is 10.0. The Morgan fingerprint density at radius 3 is 2.23 bits per heavy atom. The summed E-state index contributed by atoms with van der Waals surface area (Å²) < 4.78 is 41.7. The van der Waals surface area contributed by atoms with Crippen LogP contribution in [0.3, 0.4) is 0 Å². The zero-order valence-electron chi connectivity index (χ0n) is 21.0. The number of halogens is 1. The molecule has 6 nitrogen and oxygen atoms in total. The molecule has 1 aliphatic rings. The van der Waals surface area contributed by atoms with Crippen molar-refractivity contribution in [2.45, 2.75) is 4.90 Å². The summed E-state index contributed by atoms with van der Waals surface area (Å²) in [5, 5.41) is 4.11. The zero-order valence-corrected chi connectivity index (χ0v) is 21.8. The van der Waals surface area contributed by atoms with Crippen LogP contribution in [0.25, 0.3) is 22.0 Å². The summed E-state index contributed by atoms with van der Waals surface area (Å²) in [6, 6.07) is 29.4. The van der Waals surface area contributed by atoms with Crippen molar-refractivity contribution in [2.75, 3.05) is 25.0 Å². The average Bonchev–Trinajstić information content (AvgIpc) is 3.34. The number of amides is 1. The van der Waals surface area contributed by atoms with Gasteiger partial charge in [0.25, 0.3) is 15.9 Å². The minimum atomic E-state index is -3.89. The Morgan fingerprint density at radius 1 is 0.846 bits per heavy atom. The van der Waals surface area contributed by atoms with Crippen molar-refractivity contribution in [2.24, 2.45) is 5.92 Å². The van der Waals surface area contributed by atoms with Gasteiger partial charge in [0.1, 0.15) is 5.82 Å². The maximum Gasteiger partial charge on any atom is 0.268 e. The third-order valence-corrected chi connectivity index (χ3v) is 8.79. The van der Waals surface area contributed by atoms with Crippen molar-refractivity contribution < 1.29 is 17.6 Å². The van der Waals surface area contributed by atoms with E-state index in [9.17, 15) is 17.6 Å². The molecule has 0 atom stereocenters. The number of aromatic nitrogens is 1. The Hall–Kier alpha value is -4.43. The topological polar surface area (TPSA) is 71.4 Å². The molecule has 1 N–H and O–H groups in total. The molecule has 5 aromatic rings. The van der Waals surface area contributed by atoms with Gasteiger partial charge in [-0.3, -0.25) is 4.79 Å². The fourth-order valence-electron chi connectivity index (χ4n) is 4.96. The molecule has 0 unspecified atom stereocenters. The van der Waals surface area contributed by atoms with E-state index in [1.807, 2.05) is 48.5 Å². The molecule has 0 saturated carbocycles. The lowest BCUT2D eigenvalue weighted by Crippen LogP contribution is -2.52. The minimum Gasteiger partial charge on any atom is -0.385 e. The van der Waals surface area contributed by atoms with Crippen LogP contribution in [-0.2, 0) is 10.0 Å². The number of carbonyl (C=O) groups is 1. The molecule has 2 heterocycles. The van der Waals surface area contributed by atoms with E-state index < -0.39 is 10.0 Å². The van der Waals surface area contributed by atoms with Gasteiger partial charge in [-0.05, 0) is 60.2 Å². The van der Waals surface area contributed by atoms with Crippen LogP contribution in [-0.4, -0.2) is 42.8 Å². The zero-order chi connectivity index (χ0) is 27.0. The van der Waals surface area contributed by atoms with Gasteiger partial charge in [0.15, 0.2) is 0 Å². The van der Waals surface area contributed by atoms with Crippen molar-refractivity contribution in [3.8, 4) is 11.1 Å². The maximum atomic E-state index is 13.7. The van der Waals surface area contributed by atoms with Gasteiger partial charge in [-0.1, -0.05) is 48.5 Å². The summed E-state index contributed by atoms with van der Waals surface area (Å²) in [7, 11) is -3.89. The highest BCUT2D eigenvalue weighted by Crippen LogP contribution is 2.33. The second-order valence-electron chi connectivity index (χ2n) is 9.72. The molecule has 6 rings (SSSR count). The summed E-state index contributed by atoms with van der Waals surface area (Å²) in [5.74, 6) is -0.118. The monoisotopic (exact) mass is 539 g/mol. The summed E-state index contributed by atoms with van der Waals surface area (Å²) >= 11 is 0. The van der Waals surface area contributed by atoms with E-state index in [1.165, 1.54) is 28.2 Å². The van der Waals surface area contributed by atoms with E-state index in [1.54, 1.807) is 41.4 Å². The van der Waals surface area contributed by atoms with Crippen LogP contribution in [0.15, 0.2) is 114 Å². The number of anilines is 1. The van der Waals surface area contributed by atoms with Crippen LogP contribution < -0.4 is 5.32 Å². The summed E-state index contributed by atoms with van der Waals surface area (Å²) in [6.07, 6.45) is 1.66. The Morgan fingerprint density at radius 2 is 1.51 bits per heavy atom. The van der Waals surface area contributed by atoms with Crippen LogP contribution >= 0.6 is 0 Å². The average molecular weight is 540 g/mol. The molecular formula is C31H26FN3O3S. The van der Waals surface area contributed by atoms with Crippen molar-refractivity contribution in [1.29, 1.82) is 0 Å². The van der Waals surface area contributed by atoms with E-state index in [4.69, 9.17) is 0 Å². The van der Waals surface area contributed by atoms with Crippen molar-refractivity contribution in [1.82, 2.24) is 8.87 Å². The van der Waals surface area contributed by atoms with Crippen LogP contribution in [0.1, 0.15) is 10.4 Å². The van der Waals surface area contributed by atoms with E-state index in [-0.39, 0.29) is 16.6 Å². The lowest BCUT2D eigenvalue weighted by atomic mass is 9.98. The van der Waals surface area contributed by atoms with Gasteiger partial charge in [-0.2, -0.15) is 0 Å². The molecule has 1 aliphatic heterocycles. The lowest BCUT2D eigenvalue weighted by molar-refractivity contribution is 0.0521. The maximum absolute atomic E-state index is 13.7. The van der Waals surface area contributed by atoms with E-state index in [0.29, 0.717) is 36.6 Å². The van der Waals surface area contributed by atoms with E-state index >= 15 is 0 Å². The van der Waals surface area contributed by atoms with Crippen LogP contribution in [0.2, 0.25) is 0 Å². The van der Waals surface area contributed by atoms with Gasteiger partial charge in [-0.25, -0.2) is 16.8 Å². The molecule has 39 heavy (non-hydrogen) atoms. The van der Waals surface area contributed by atoms with Gasteiger partial charge in [-0.15, -0.1) is 0 Å². The molecule has 1 fully saturated rings. The third kappa shape index (κ3) is 4.79. The minimum absolute atomic E-state index is 0.115. The first-order valence-corrected chi connectivity index (χ1v) is 14.1. The first-order chi connectivity index (χ1) is 18.9. The van der Waals surface area contributed by atoms with Crippen molar-refractivity contribution in [3.63, 3.8) is 0 Å². The first-order valence-electron chi connectivity index (χ1n) is 12.7. The fraction of sp³-hybridized carbons (Fsp3) is 0.129. The molecule has 1 amide bonds. The van der Waals surface area contributed by atoms with E-state index in [0.717, 1.165) is 22.2 Å². The number of likely N-dealkylation sites (tertiary alicyclic amines) is 1. The Labute approximate surface area is 226 Å². The first kappa shape index (κ1) is 24.9. The third-order valence-electron chi connectivity index (χ3n) is 7.10. The summed E-state index contributed by atoms with van der Waals surface area (Å²) in [6.45, 7) is 1.89. The normalized spacial score (nSPS) is 13.8. The Bertz CT molecular complexity index is 1740. The number of hydrogen-bond donors (Lipinski definition) is 1. The predicted molar refractivity (Wildman–Crippen MR) is 151 cm³/mol. The largest absolute Gasteiger partial charge is 0.385 e. The number of nitrogens with zero attached hydrogens (tertiary/aromatic N) is 2. The molecule has 0 aliphatic carbocycles. The van der Waals surface area contributed by atoms with Crippen LogP contribution in [0, 0.1) is 11.7 Å². The molecule has 4 aromatic carbocycles. The predicted octanol–water partition coefficient (Wildman–Crippen LogP) is 5.87. The van der Waals surface area contributed by atoms with Crippen LogP contribution in [0.5, 0.6) is 0 Å². The molecule has 196 valence electrons. The fourth-order valence-corrected chi connectivity index (χ4v) is 6.33. The highest BCUT2D eigenvalue weighted by Gasteiger charge is 2.31. The number of para-hydroxylation sites is 1. The molecule has 1 saturated heterocycles. The highest BCUT2D eigenvalue weighted by atomic mass is 32.2. The van der Waals surface area contributed by atoms with Gasteiger partial charge in [0.2, 0.25) is 0 Å². The second-order valence-corrected chi connectivity index (χ2v) is 11.5. The standard InChI is InChI=1S/C31H26FN3O3S/c32-25-12-14-26(15-13-25)33-18-22-19-34(20-22)31(36)24-10-16-27(17-11-24)39(37,38)35-21-29(23-6-2-1-3-7-23)28-8-4-5-9-30(28)35/h1-17,21-22,33H,18-20H2. The smallest absolute Gasteiger partial charge is 0.268 e. The number of hydrogen-bond acceptors (Lipinski definition) is 4. The molecule has 0 radical (unpaired) electrons. The van der Waals surface area contributed by atoms with Gasteiger partial charge < -0.3 is 10.2 Å². The molecule has 0 spiro atoms. The van der Waals surface area contributed by atoms with E-state index in [2.05, 4.69) is 5.32 Å². The SMILES string of the molecule is O=C(c1ccc(S(=O)(=O)n2cc(-c3ccccc3)c3ccccc32)cc1)N1CC(CNc2ccc(F)cc2)C1. The summed E-state index contributed by atoms with van der Waals surface area (Å²) in [4.78, 5) is 14.8. The molecule has 0 bridgehead atoms. The van der Waals surface area contributed by atoms with Gasteiger partial charge in [0, 0.05) is 53.9 Å².